The Balaban J connectivity index is 1.67. The molecule has 0 spiro atoms. The van der Waals surface area contributed by atoms with Crippen molar-refractivity contribution in [1.29, 1.82) is 0 Å². The highest BCUT2D eigenvalue weighted by atomic mass is 79.9. The van der Waals surface area contributed by atoms with E-state index in [0.717, 1.165) is 4.47 Å². The Labute approximate surface area is 144 Å². The summed E-state index contributed by atoms with van der Waals surface area (Å²) in [5.74, 6) is -0.816. The van der Waals surface area contributed by atoms with E-state index in [2.05, 4.69) is 41.2 Å². The highest BCUT2D eigenvalue weighted by molar-refractivity contribution is 9.10. The first-order valence-corrected chi connectivity index (χ1v) is 7.75. The zero-order valence-corrected chi connectivity index (χ0v) is 14.1. The lowest BCUT2D eigenvalue weighted by Gasteiger charge is -2.13. The first-order valence-electron chi connectivity index (χ1n) is 6.96. The molecule has 1 atom stereocenters. The van der Waals surface area contributed by atoms with Gasteiger partial charge in [-0.05, 0) is 31.2 Å². The molecule has 3 rings (SSSR count). The fourth-order valence-electron chi connectivity index (χ4n) is 1.95. The van der Waals surface area contributed by atoms with Gasteiger partial charge in [0.2, 0.25) is 0 Å². The van der Waals surface area contributed by atoms with Crippen LogP contribution in [0.4, 0.5) is 5.82 Å². The van der Waals surface area contributed by atoms with Crippen LogP contribution in [0.2, 0.25) is 0 Å². The molecule has 2 N–H and O–H groups in total. The van der Waals surface area contributed by atoms with Gasteiger partial charge < -0.3 is 15.0 Å². The second-order valence-electron chi connectivity index (χ2n) is 4.87. The summed E-state index contributed by atoms with van der Waals surface area (Å²) in [6.07, 6.45) is 1.75. The largest absolute Gasteiger partial charge is 0.449 e. The number of ether oxygens (including phenoxy) is 1. The van der Waals surface area contributed by atoms with Gasteiger partial charge in [-0.3, -0.25) is 4.79 Å². The van der Waals surface area contributed by atoms with Crippen molar-refractivity contribution >= 4 is 44.8 Å². The van der Waals surface area contributed by atoms with Crippen molar-refractivity contribution in [1.82, 2.24) is 19.9 Å². The third-order valence-electron chi connectivity index (χ3n) is 3.20. The highest BCUT2D eigenvalue weighted by Crippen LogP contribution is 2.16. The van der Waals surface area contributed by atoms with Crippen molar-refractivity contribution in [3.05, 3.63) is 47.0 Å². The summed E-state index contributed by atoms with van der Waals surface area (Å²) in [4.78, 5) is 39.0. The maximum Gasteiger partial charge on any atom is 0.338 e. The summed E-state index contributed by atoms with van der Waals surface area (Å²) >= 11 is 3.29. The number of rotatable bonds is 4. The first kappa shape index (κ1) is 16.1. The molecule has 1 unspecified atom stereocenters. The number of hydrogen-bond acceptors (Lipinski definition) is 6. The normalized spacial score (nSPS) is 11.9. The predicted octanol–water partition coefficient (Wildman–Crippen LogP) is 2.30. The van der Waals surface area contributed by atoms with Crippen molar-refractivity contribution in [3.63, 3.8) is 0 Å². The van der Waals surface area contributed by atoms with Crippen LogP contribution < -0.4 is 5.32 Å². The summed E-state index contributed by atoms with van der Waals surface area (Å²) < 4.78 is 6.01. The van der Waals surface area contributed by atoms with Crippen LogP contribution in [0, 0.1) is 0 Å². The third kappa shape index (κ3) is 3.40. The standard InChI is InChI=1S/C15H12BrN5O3/c1-8(24-15(23)9-2-4-10(16)5-3-9)14(22)21-13-11-12(18-6-17-11)19-7-20-13/h2-8H,1H3,(H2,17,18,19,20,21,22). The molecular weight excluding hydrogens is 378 g/mol. The minimum absolute atomic E-state index is 0.272. The Bertz CT molecular complexity index is 894. The molecule has 0 aliphatic rings. The van der Waals surface area contributed by atoms with Gasteiger partial charge in [0.05, 0.1) is 11.9 Å². The van der Waals surface area contributed by atoms with Crippen LogP contribution in [0.1, 0.15) is 17.3 Å². The van der Waals surface area contributed by atoms with Crippen LogP contribution in [0.25, 0.3) is 11.2 Å². The molecule has 0 saturated carbocycles. The number of aromatic nitrogens is 4. The fourth-order valence-corrected chi connectivity index (χ4v) is 2.21. The summed E-state index contributed by atoms with van der Waals surface area (Å²) in [5.41, 5.74) is 1.29. The average Bonchev–Trinajstić information content (AvgIpc) is 3.05. The van der Waals surface area contributed by atoms with Gasteiger partial charge in [-0.25, -0.2) is 19.7 Å². The van der Waals surface area contributed by atoms with E-state index in [1.165, 1.54) is 19.6 Å². The van der Waals surface area contributed by atoms with Gasteiger partial charge in [-0.2, -0.15) is 0 Å². The lowest BCUT2D eigenvalue weighted by atomic mass is 10.2. The van der Waals surface area contributed by atoms with Gasteiger partial charge in [0.15, 0.2) is 17.6 Å². The maximum absolute atomic E-state index is 12.2. The number of amides is 1. The number of imidazole rings is 1. The van der Waals surface area contributed by atoms with Crippen LogP contribution in [-0.4, -0.2) is 37.9 Å². The lowest BCUT2D eigenvalue weighted by molar-refractivity contribution is -0.123. The van der Waals surface area contributed by atoms with E-state index in [1.54, 1.807) is 24.3 Å². The molecule has 0 aliphatic heterocycles. The summed E-state index contributed by atoms with van der Waals surface area (Å²) in [6, 6.07) is 6.65. The van der Waals surface area contributed by atoms with E-state index in [0.29, 0.717) is 16.7 Å². The number of esters is 1. The third-order valence-corrected chi connectivity index (χ3v) is 3.73. The number of carbonyl (C=O) groups excluding carboxylic acids is 2. The molecule has 122 valence electrons. The molecule has 1 amide bonds. The van der Waals surface area contributed by atoms with E-state index in [-0.39, 0.29) is 5.82 Å². The molecule has 8 nitrogen and oxygen atoms in total. The summed E-state index contributed by atoms with van der Waals surface area (Å²) in [7, 11) is 0. The van der Waals surface area contributed by atoms with E-state index in [9.17, 15) is 9.59 Å². The molecule has 3 aromatic rings. The van der Waals surface area contributed by atoms with Gasteiger partial charge in [0, 0.05) is 4.47 Å². The van der Waals surface area contributed by atoms with Crippen LogP contribution in [0.3, 0.4) is 0 Å². The Morgan fingerprint density at radius 1 is 1.21 bits per heavy atom. The number of hydrogen-bond donors (Lipinski definition) is 2. The molecule has 9 heteroatoms. The maximum atomic E-state index is 12.2. The number of aromatic amines is 1. The number of anilines is 1. The molecule has 0 saturated heterocycles. The Kier molecular flexibility index (Phi) is 4.52. The monoisotopic (exact) mass is 389 g/mol. The van der Waals surface area contributed by atoms with Crippen molar-refractivity contribution in [2.24, 2.45) is 0 Å². The van der Waals surface area contributed by atoms with Gasteiger partial charge in [0.25, 0.3) is 5.91 Å². The number of fused-ring (bicyclic) bond motifs is 1. The van der Waals surface area contributed by atoms with E-state index >= 15 is 0 Å². The molecular formula is C15H12BrN5O3. The number of nitrogens with one attached hydrogen (secondary N) is 2. The Hall–Kier alpha value is -2.81. The van der Waals surface area contributed by atoms with Gasteiger partial charge in [0.1, 0.15) is 11.8 Å². The quantitative estimate of drug-likeness (QED) is 0.662. The number of nitrogens with zero attached hydrogens (tertiary/aromatic N) is 3. The zero-order valence-electron chi connectivity index (χ0n) is 12.5. The highest BCUT2D eigenvalue weighted by Gasteiger charge is 2.20. The van der Waals surface area contributed by atoms with Crippen molar-refractivity contribution in [2.45, 2.75) is 13.0 Å². The molecule has 24 heavy (non-hydrogen) atoms. The molecule has 0 aliphatic carbocycles. The second kappa shape index (κ2) is 6.75. The molecule has 1 aromatic carbocycles. The summed E-state index contributed by atoms with van der Waals surface area (Å²) in [5, 5.41) is 2.59. The Morgan fingerprint density at radius 2 is 1.96 bits per heavy atom. The topological polar surface area (TPSA) is 110 Å². The molecule has 0 fully saturated rings. The van der Waals surface area contributed by atoms with E-state index in [4.69, 9.17) is 4.74 Å². The number of halogens is 1. The zero-order chi connectivity index (χ0) is 17.1. The Morgan fingerprint density at radius 3 is 2.71 bits per heavy atom. The molecule has 0 radical (unpaired) electrons. The van der Waals surface area contributed by atoms with Crippen LogP contribution in [0.15, 0.2) is 41.4 Å². The van der Waals surface area contributed by atoms with Crippen LogP contribution in [0.5, 0.6) is 0 Å². The second-order valence-corrected chi connectivity index (χ2v) is 5.78. The minimum Gasteiger partial charge on any atom is -0.449 e. The number of carbonyl (C=O) groups is 2. The fraction of sp³-hybridized carbons (Fsp3) is 0.133. The van der Waals surface area contributed by atoms with Crippen LogP contribution in [-0.2, 0) is 9.53 Å². The number of benzene rings is 1. The van der Waals surface area contributed by atoms with Crippen LogP contribution >= 0.6 is 15.9 Å². The van der Waals surface area contributed by atoms with Crippen molar-refractivity contribution < 1.29 is 14.3 Å². The SMILES string of the molecule is CC(OC(=O)c1ccc(Br)cc1)C(=O)Nc1ncnc2nc[nH]c12. The van der Waals surface area contributed by atoms with Crippen molar-refractivity contribution in [2.75, 3.05) is 5.32 Å². The lowest BCUT2D eigenvalue weighted by Crippen LogP contribution is -2.30. The molecule has 2 heterocycles. The average molecular weight is 390 g/mol. The first-order chi connectivity index (χ1) is 11.5. The van der Waals surface area contributed by atoms with Crippen molar-refractivity contribution in [3.8, 4) is 0 Å². The van der Waals surface area contributed by atoms with Gasteiger partial charge in [-0.15, -0.1) is 0 Å². The van der Waals surface area contributed by atoms with E-state index in [1.807, 2.05) is 0 Å². The molecule has 2 aromatic heterocycles. The number of H-pyrrole nitrogens is 1. The molecule has 0 bridgehead atoms. The van der Waals surface area contributed by atoms with Gasteiger partial charge in [-0.1, -0.05) is 15.9 Å². The predicted molar refractivity (Wildman–Crippen MR) is 89.3 cm³/mol. The van der Waals surface area contributed by atoms with Gasteiger partial charge >= 0.3 is 5.97 Å². The smallest absolute Gasteiger partial charge is 0.338 e. The van der Waals surface area contributed by atoms with E-state index < -0.39 is 18.0 Å². The summed E-state index contributed by atoms with van der Waals surface area (Å²) in [6.45, 7) is 1.48. The minimum atomic E-state index is -0.992.